The van der Waals surface area contributed by atoms with Gasteiger partial charge in [-0.05, 0) is 62.8 Å². The van der Waals surface area contributed by atoms with Crippen molar-refractivity contribution in [1.82, 2.24) is 9.97 Å². The van der Waals surface area contributed by atoms with Crippen LogP contribution in [0.2, 0.25) is 0 Å². The fourth-order valence-electron chi connectivity index (χ4n) is 4.78. The molecule has 0 saturated carbocycles. The molecule has 0 aliphatic heterocycles. The number of carbonyl (C=O) groups excluding carboxylic acids is 1. The molecule has 0 fully saturated rings. The minimum absolute atomic E-state index is 0.0760. The SMILES string of the molecule is CCCCCCCCCCOc1ccc(-c2ncc(OC(=O)C3CC=C(CCCCC)CC3)cn2)cc1. The van der Waals surface area contributed by atoms with Gasteiger partial charge in [0.2, 0.25) is 0 Å². The fraction of sp³-hybridized carbons (Fsp3) is 0.594. The predicted octanol–water partition coefficient (Wildman–Crippen LogP) is 8.88. The van der Waals surface area contributed by atoms with Gasteiger partial charge in [0.15, 0.2) is 11.6 Å². The van der Waals surface area contributed by atoms with E-state index in [0.29, 0.717) is 11.6 Å². The lowest BCUT2D eigenvalue weighted by Gasteiger charge is -2.20. The number of hydrogen-bond donors (Lipinski definition) is 0. The van der Waals surface area contributed by atoms with E-state index in [9.17, 15) is 4.79 Å². The van der Waals surface area contributed by atoms with Crippen molar-refractivity contribution in [3.63, 3.8) is 0 Å². The number of carbonyl (C=O) groups is 1. The van der Waals surface area contributed by atoms with E-state index in [0.717, 1.165) is 50.0 Å². The van der Waals surface area contributed by atoms with Crippen LogP contribution >= 0.6 is 0 Å². The van der Waals surface area contributed by atoms with Crippen molar-refractivity contribution in [3.05, 3.63) is 48.3 Å². The first-order valence-electron chi connectivity index (χ1n) is 14.6. The fourth-order valence-corrected chi connectivity index (χ4v) is 4.78. The van der Waals surface area contributed by atoms with Gasteiger partial charge in [-0.3, -0.25) is 4.79 Å². The molecule has 1 unspecified atom stereocenters. The van der Waals surface area contributed by atoms with Gasteiger partial charge in [-0.1, -0.05) is 83.3 Å². The maximum absolute atomic E-state index is 12.6. The first-order valence-corrected chi connectivity index (χ1v) is 14.6. The van der Waals surface area contributed by atoms with Crippen LogP contribution < -0.4 is 9.47 Å². The average Bonchev–Trinajstić information content (AvgIpc) is 2.93. The summed E-state index contributed by atoms with van der Waals surface area (Å²) in [6.07, 6.45) is 23.3. The number of hydrogen-bond acceptors (Lipinski definition) is 5. The largest absolute Gasteiger partial charge is 0.494 e. The molecule has 0 radical (unpaired) electrons. The Morgan fingerprint density at radius 2 is 1.49 bits per heavy atom. The first-order chi connectivity index (χ1) is 18.2. The van der Waals surface area contributed by atoms with E-state index in [2.05, 4.69) is 29.9 Å². The van der Waals surface area contributed by atoms with Crippen LogP contribution in [0.4, 0.5) is 0 Å². The van der Waals surface area contributed by atoms with Crippen molar-refractivity contribution < 1.29 is 14.3 Å². The zero-order valence-corrected chi connectivity index (χ0v) is 23.1. The second-order valence-corrected chi connectivity index (χ2v) is 10.3. The zero-order chi connectivity index (χ0) is 26.1. The highest BCUT2D eigenvalue weighted by Crippen LogP contribution is 2.28. The number of ether oxygens (including phenoxy) is 2. The first kappa shape index (κ1) is 28.9. The summed E-state index contributed by atoms with van der Waals surface area (Å²) in [6, 6.07) is 7.86. The number of esters is 1. The van der Waals surface area contributed by atoms with Crippen LogP contribution in [0.15, 0.2) is 48.3 Å². The van der Waals surface area contributed by atoms with Gasteiger partial charge in [0.1, 0.15) is 5.75 Å². The van der Waals surface area contributed by atoms with Gasteiger partial charge >= 0.3 is 5.97 Å². The van der Waals surface area contributed by atoms with Gasteiger partial charge in [0, 0.05) is 5.56 Å². The van der Waals surface area contributed by atoms with Gasteiger partial charge in [-0.25, -0.2) is 9.97 Å². The molecule has 0 spiro atoms. The number of rotatable bonds is 17. The predicted molar refractivity (Wildman–Crippen MR) is 151 cm³/mol. The molecular weight excluding hydrogens is 460 g/mol. The third-order valence-corrected chi connectivity index (χ3v) is 7.17. The standard InChI is InChI=1S/C32H46N2O3/c1-3-5-7-8-9-10-11-13-23-36-29-21-19-27(20-22-29)31-33-24-30(25-34-31)37-32(35)28-17-15-26(16-18-28)14-12-6-4-2/h15,19-22,24-25,28H,3-14,16-18,23H2,1-2H3. The smallest absolute Gasteiger partial charge is 0.314 e. The van der Waals surface area contributed by atoms with Gasteiger partial charge in [0.25, 0.3) is 0 Å². The van der Waals surface area contributed by atoms with Crippen molar-refractivity contribution in [2.75, 3.05) is 6.61 Å². The van der Waals surface area contributed by atoms with Gasteiger partial charge in [-0.2, -0.15) is 0 Å². The lowest BCUT2D eigenvalue weighted by Crippen LogP contribution is -2.22. The topological polar surface area (TPSA) is 61.3 Å². The van der Waals surface area contributed by atoms with Crippen molar-refractivity contribution in [2.45, 2.75) is 110 Å². The number of aromatic nitrogens is 2. The molecule has 1 heterocycles. The summed E-state index contributed by atoms with van der Waals surface area (Å²) in [6.45, 7) is 5.23. The molecule has 0 saturated heterocycles. The highest BCUT2D eigenvalue weighted by molar-refractivity contribution is 5.75. The molecule has 1 atom stereocenters. The van der Waals surface area contributed by atoms with Crippen molar-refractivity contribution in [2.24, 2.45) is 5.92 Å². The second-order valence-electron chi connectivity index (χ2n) is 10.3. The number of nitrogens with zero attached hydrogens (tertiary/aromatic N) is 2. The Morgan fingerprint density at radius 1 is 0.838 bits per heavy atom. The summed E-state index contributed by atoms with van der Waals surface area (Å²) in [5, 5.41) is 0. The molecule has 0 amide bonds. The van der Waals surface area contributed by atoms with Crippen LogP contribution in [0, 0.1) is 5.92 Å². The molecule has 3 rings (SSSR count). The van der Waals surface area contributed by atoms with Crippen molar-refractivity contribution in [3.8, 4) is 22.9 Å². The molecule has 5 nitrogen and oxygen atoms in total. The second kappa shape index (κ2) is 16.9. The van der Waals surface area contributed by atoms with Crippen LogP contribution in [-0.2, 0) is 4.79 Å². The van der Waals surface area contributed by atoms with Gasteiger partial charge in [-0.15, -0.1) is 0 Å². The summed E-state index contributed by atoms with van der Waals surface area (Å²) in [5.41, 5.74) is 2.40. The van der Waals surface area contributed by atoms with Crippen LogP contribution in [0.25, 0.3) is 11.4 Å². The van der Waals surface area contributed by atoms with Gasteiger partial charge < -0.3 is 9.47 Å². The Bertz CT molecular complexity index is 938. The monoisotopic (exact) mass is 506 g/mol. The molecular formula is C32H46N2O3. The molecule has 0 N–H and O–H groups in total. The highest BCUT2D eigenvalue weighted by atomic mass is 16.5. The number of allylic oxidation sites excluding steroid dienone is 2. The quantitative estimate of drug-likeness (QED) is 0.122. The molecule has 1 aromatic heterocycles. The molecule has 1 aromatic carbocycles. The maximum atomic E-state index is 12.6. The van der Waals surface area contributed by atoms with E-state index >= 15 is 0 Å². The normalized spacial score (nSPS) is 15.3. The van der Waals surface area contributed by atoms with E-state index in [1.54, 1.807) is 12.4 Å². The third kappa shape index (κ3) is 10.7. The van der Waals surface area contributed by atoms with Crippen LogP contribution in [0.1, 0.15) is 110 Å². The Labute approximate surface area is 224 Å². The molecule has 37 heavy (non-hydrogen) atoms. The minimum Gasteiger partial charge on any atom is -0.494 e. The Balaban J connectivity index is 1.36. The molecule has 1 aliphatic carbocycles. The minimum atomic E-state index is -0.182. The lowest BCUT2D eigenvalue weighted by atomic mass is 9.87. The molecule has 1 aliphatic rings. The summed E-state index contributed by atoms with van der Waals surface area (Å²) < 4.78 is 11.5. The van der Waals surface area contributed by atoms with E-state index in [-0.39, 0.29) is 11.9 Å². The van der Waals surface area contributed by atoms with E-state index < -0.39 is 0 Å². The zero-order valence-electron chi connectivity index (χ0n) is 23.1. The molecule has 202 valence electrons. The van der Waals surface area contributed by atoms with Gasteiger partial charge in [0.05, 0.1) is 24.9 Å². The summed E-state index contributed by atoms with van der Waals surface area (Å²) in [5.74, 6) is 1.61. The summed E-state index contributed by atoms with van der Waals surface area (Å²) in [7, 11) is 0. The summed E-state index contributed by atoms with van der Waals surface area (Å²) in [4.78, 5) is 21.4. The molecule has 0 bridgehead atoms. The van der Waals surface area contributed by atoms with Crippen molar-refractivity contribution in [1.29, 1.82) is 0 Å². The van der Waals surface area contributed by atoms with Crippen LogP contribution in [-0.4, -0.2) is 22.5 Å². The van der Waals surface area contributed by atoms with E-state index in [1.165, 1.54) is 69.8 Å². The third-order valence-electron chi connectivity index (χ3n) is 7.17. The Morgan fingerprint density at radius 3 is 2.14 bits per heavy atom. The van der Waals surface area contributed by atoms with Crippen LogP contribution in [0.3, 0.4) is 0 Å². The van der Waals surface area contributed by atoms with Crippen molar-refractivity contribution >= 4 is 5.97 Å². The Hall–Kier alpha value is -2.69. The number of unbranched alkanes of at least 4 members (excludes halogenated alkanes) is 9. The molecule has 5 heteroatoms. The van der Waals surface area contributed by atoms with E-state index in [1.807, 2.05) is 24.3 Å². The number of benzene rings is 1. The summed E-state index contributed by atoms with van der Waals surface area (Å²) >= 11 is 0. The van der Waals surface area contributed by atoms with E-state index in [4.69, 9.17) is 9.47 Å². The lowest BCUT2D eigenvalue weighted by molar-refractivity contribution is -0.139. The van der Waals surface area contributed by atoms with Crippen LogP contribution in [0.5, 0.6) is 11.5 Å². The highest BCUT2D eigenvalue weighted by Gasteiger charge is 2.23. The maximum Gasteiger partial charge on any atom is 0.314 e. The molecule has 2 aromatic rings. The average molecular weight is 507 g/mol. The Kier molecular flexibility index (Phi) is 13.2.